The van der Waals surface area contributed by atoms with Gasteiger partial charge in [0.2, 0.25) is 0 Å². The quantitative estimate of drug-likeness (QED) is 0.659. The van der Waals surface area contributed by atoms with Crippen molar-refractivity contribution in [1.29, 1.82) is 0 Å². The highest BCUT2D eigenvalue weighted by Gasteiger charge is 2.20. The number of aromatic nitrogens is 1. The maximum absolute atomic E-state index is 14.4. The summed E-state index contributed by atoms with van der Waals surface area (Å²) in [6.07, 6.45) is 2.17. The zero-order valence-corrected chi connectivity index (χ0v) is 16.9. The molecule has 29 heavy (non-hydrogen) atoms. The van der Waals surface area contributed by atoms with Crippen molar-refractivity contribution in [1.82, 2.24) is 10.3 Å². The van der Waals surface area contributed by atoms with Gasteiger partial charge in [-0.3, -0.25) is 4.79 Å². The first-order valence-electron chi connectivity index (χ1n) is 9.60. The van der Waals surface area contributed by atoms with Crippen LogP contribution >= 0.6 is 11.3 Å². The van der Waals surface area contributed by atoms with E-state index in [1.807, 2.05) is 24.0 Å². The van der Waals surface area contributed by atoms with Gasteiger partial charge in [-0.25, -0.2) is 13.8 Å². The number of nitrogens with two attached hydrogens (primary N) is 1. The van der Waals surface area contributed by atoms with E-state index in [1.165, 1.54) is 23.5 Å². The van der Waals surface area contributed by atoms with Gasteiger partial charge in [0.05, 0.1) is 11.4 Å². The molecule has 1 fully saturated rings. The molecule has 1 amide bonds. The molecule has 0 atom stereocenters. The van der Waals surface area contributed by atoms with Crippen LogP contribution in [-0.2, 0) is 6.42 Å². The molecule has 3 N–H and O–H groups in total. The number of rotatable bonds is 5. The number of aryl methyl sites for hydroxylation is 1. The Morgan fingerprint density at radius 2 is 2.00 bits per heavy atom. The fourth-order valence-corrected chi connectivity index (χ4v) is 4.67. The van der Waals surface area contributed by atoms with E-state index in [0.29, 0.717) is 21.1 Å². The minimum absolute atomic E-state index is 0.179. The molecule has 1 saturated heterocycles. The third kappa shape index (κ3) is 3.89. The predicted octanol–water partition coefficient (Wildman–Crippen LogP) is 4.04. The molecule has 5 nitrogen and oxygen atoms in total. The third-order valence-corrected chi connectivity index (χ3v) is 6.30. The lowest BCUT2D eigenvalue weighted by Gasteiger charge is -2.19. The van der Waals surface area contributed by atoms with Gasteiger partial charge >= 0.3 is 0 Å². The Balaban J connectivity index is 1.43. The van der Waals surface area contributed by atoms with Crippen LogP contribution in [0.5, 0.6) is 0 Å². The Labute approximate surface area is 171 Å². The SMILES string of the molecule is Cc1ccc2c(N)c(C(=O)NCCc3cc(F)c(N4CCCC4)cc3F)sc2n1. The predicted molar refractivity (Wildman–Crippen MR) is 113 cm³/mol. The van der Waals surface area contributed by atoms with Gasteiger partial charge in [0, 0.05) is 36.8 Å². The molecule has 0 bridgehead atoms. The summed E-state index contributed by atoms with van der Waals surface area (Å²) in [6, 6.07) is 6.18. The van der Waals surface area contributed by atoms with Crippen molar-refractivity contribution >= 4 is 38.8 Å². The van der Waals surface area contributed by atoms with Crippen LogP contribution in [0.15, 0.2) is 24.3 Å². The maximum Gasteiger partial charge on any atom is 0.263 e. The molecule has 1 aliphatic rings. The van der Waals surface area contributed by atoms with Gasteiger partial charge in [-0.05, 0) is 49.9 Å². The Morgan fingerprint density at radius 3 is 2.76 bits per heavy atom. The average molecular weight is 416 g/mol. The maximum atomic E-state index is 14.4. The van der Waals surface area contributed by atoms with Gasteiger partial charge in [0.1, 0.15) is 21.3 Å². The van der Waals surface area contributed by atoms with Crippen LogP contribution in [0.4, 0.5) is 20.2 Å². The number of hydrogen-bond acceptors (Lipinski definition) is 5. The highest BCUT2D eigenvalue weighted by Crippen LogP contribution is 2.32. The Hall–Kier alpha value is -2.74. The lowest BCUT2D eigenvalue weighted by molar-refractivity contribution is 0.0959. The van der Waals surface area contributed by atoms with Crippen molar-refractivity contribution < 1.29 is 13.6 Å². The number of amides is 1. The minimum atomic E-state index is -0.455. The lowest BCUT2D eigenvalue weighted by Crippen LogP contribution is -2.26. The zero-order chi connectivity index (χ0) is 20.5. The number of thiophene rings is 1. The summed E-state index contributed by atoms with van der Waals surface area (Å²) in [5.74, 6) is -1.22. The Kier molecular flexibility index (Phi) is 5.36. The molecule has 4 rings (SSSR count). The van der Waals surface area contributed by atoms with Gasteiger partial charge < -0.3 is 16.0 Å². The molecular weight excluding hydrogens is 394 g/mol. The molecule has 152 valence electrons. The minimum Gasteiger partial charge on any atom is -0.397 e. The average Bonchev–Trinajstić information content (AvgIpc) is 3.32. The second kappa shape index (κ2) is 7.94. The topological polar surface area (TPSA) is 71.2 Å². The number of carbonyl (C=O) groups is 1. The van der Waals surface area contributed by atoms with Crippen LogP contribution < -0.4 is 16.0 Å². The van der Waals surface area contributed by atoms with Crippen LogP contribution in [0.25, 0.3) is 10.2 Å². The molecule has 2 aromatic heterocycles. The highest BCUT2D eigenvalue weighted by molar-refractivity contribution is 7.21. The second-order valence-electron chi connectivity index (χ2n) is 7.25. The number of hydrogen-bond donors (Lipinski definition) is 2. The molecular formula is C21H22F2N4OS. The number of nitrogens with one attached hydrogen (secondary N) is 1. The molecule has 0 radical (unpaired) electrons. The molecule has 8 heteroatoms. The molecule has 0 aliphatic carbocycles. The van der Waals surface area contributed by atoms with Gasteiger partial charge in [-0.1, -0.05) is 0 Å². The Bertz CT molecular complexity index is 1080. The van der Waals surface area contributed by atoms with E-state index >= 15 is 0 Å². The summed E-state index contributed by atoms with van der Waals surface area (Å²) in [7, 11) is 0. The van der Waals surface area contributed by atoms with Crippen LogP contribution in [0.3, 0.4) is 0 Å². The molecule has 0 unspecified atom stereocenters. The lowest BCUT2D eigenvalue weighted by atomic mass is 10.1. The molecule has 1 aromatic carbocycles. The summed E-state index contributed by atoms with van der Waals surface area (Å²) in [6.45, 7) is 3.55. The number of benzene rings is 1. The number of anilines is 2. The van der Waals surface area contributed by atoms with E-state index in [1.54, 1.807) is 0 Å². The number of nitrogen functional groups attached to an aromatic ring is 1. The highest BCUT2D eigenvalue weighted by atomic mass is 32.1. The fraction of sp³-hybridized carbons (Fsp3) is 0.333. The first kappa shape index (κ1) is 19.6. The normalized spacial score (nSPS) is 14.0. The zero-order valence-electron chi connectivity index (χ0n) is 16.1. The van der Waals surface area contributed by atoms with E-state index in [0.717, 1.165) is 37.0 Å². The second-order valence-corrected chi connectivity index (χ2v) is 8.24. The van der Waals surface area contributed by atoms with E-state index < -0.39 is 11.6 Å². The van der Waals surface area contributed by atoms with E-state index in [-0.39, 0.29) is 24.4 Å². The van der Waals surface area contributed by atoms with E-state index in [2.05, 4.69) is 10.3 Å². The number of halogens is 2. The molecule has 3 heterocycles. The van der Waals surface area contributed by atoms with Gasteiger partial charge in [-0.15, -0.1) is 11.3 Å². The summed E-state index contributed by atoms with van der Waals surface area (Å²) < 4.78 is 28.9. The van der Waals surface area contributed by atoms with Crippen LogP contribution in [0.1, 0.15) is 33.8 Å². The van der Waals surface area contributed by atoms with Crippen molar-refractivity contribution in [2.75, 3.05) is 30.3 Å². The molecule has 1 aliphatic heterocycles. The van der Waals surface area contributed by atoms with Gasteiger partial charge in [0.25, 0.3) is 5.91 Å². The van der Waals surface area contributed by atoms with Gasteiger partial charge in [-0.2, -0.15) is 0 Å². The van der Waals surface area contributed by atoms with E-state index in [9.17, 15) is 13.6 Å². The first-order chi connectivity index (χ1) is 13.9. The summed E-state index contributed by atoms with van der Waals surface area (Å²) in [5.41, 5.74) is 7.88. The van der Waals surface area contributed by atoms with Crippen LogP contribution in [0, 0.1) is 18.6 Å². The largest absolute Gasteiger partial charge is 0.397 e. The number of pyridine rings is 1. The number of fused-ring (bicyclic) bond motifs is 1. The number of carbonyl (C=O) groups excluding carboxylic acids is 1. The third-order valence-electron chi connectivity index (χ3n) is 5.18. The smallest absolute Gasteiger partial charge is 0.263 e. The molecule has 3 aromatic rings. The van der Waals surface area contributed by atoms with Crippen molar-refractivity contribution in [3.8, 4) is 0 Å². The van der Waals surface area contributed by atoms with Crippen LogP contribution in [0.2, 0.25) is 0 Å². The van der Waals surface area contributed by atoms with Gasteiger partial charge in [0.15, 0.2) is 0 Å². The molecule has 0 spiro atoms. The summed E-state index contributed by atoms with van der Waals surface area (Å²) >= 11 is 1.23. The molecule has 0 saturated carbocycles. The van der Waals surface area contributed by atoms with Crippen molar-refractivity contribution in [2.45, 2.75) is 26.2 Å². The van der Waals surface area contributed by atoms with Crippen molar-refractivity contribution in [3.05, 3.63) is 52.0 Å². The summed E-state index contributed by atoms with van der Waals surface area (Å²) in [4.78, 5) is 19.9. The standard InChI is InChI=1S/C21H22F2N4OS/c1-12-4-5-14-18(24)19(29-21(14)26-12)20(28)25-7-6-13-10-16(23)17(11-15(13)22)27-8-2-3-9-27/h4-5,10-11H,2-3,6-9,24H2,1H3,(H,25,28). The fourth-order valence-electron chi connectivity index (χ4n) is 3.62. The van der Waals surface area contributed by atoms with E-state index in [4.69, 9.17) is 5.73 Å². The monoisotopic (exact) mass is 416 g/mol. The summed E-state index contributed by atoms with van der Waals surface area (Å²) in [5, 5.41) is 3.49. The van der Waals surface area contributed by atoms with Crippen molar-refractivity contribution in [2.24, 2.45) is 0 Å². The van der Waals surface area contributed by atoms with Crippen LogP contribution in [-0.4, -0.2) is 30.5 Å². The van der Waals surface area contributed by atoms with Crippen molar-refractivity contribution in [3.63, 3.8) is 0 Å². The Morgan fingerprint density at radius 1 is 1.24 bits per heavy atom. The number of nitrogens with zero attached hydrogens (tertiary/aromatic N) is 2. The first-order valence-corrected chi connectivity index (χ1v) is 10.4.